The van der Waals surface area contributed by atoms with Crippen molar-refractivity contribution >= 4 is 19.6 Å². The molecule has 0 bridgehead atoms. The molecule has 0 aliphatic carbocycles. The summed E-state index contributed by atoms with van der Waals surface area (Å²) >= 11 is 1.91. The van der Waals surface area contributed by atoms with Gasteiger partial charge in [0.15, 0.2) is 0 Å². The van der Waals surface area contributed by atoms with Gasteiger partial charge in [0, 0.05) is 11.0 Å². The predicted octanol–water partition coefficient (Wildman–Crippen LogP) is 2.51. The minimum atomic E-state index is 0.0113. The third-order valence-electron chi connectivity index (χ3n) is 4.23. The topological polar surface area (TPSA) is 38.7 Å². The Hall–Kier alpha value is -0.225. The largest absolute Gasteiger partial charge is 0.392 e. The van der Waals surface area contributed by atoms with Crippen LogP contribution in [0.25, 0.3) is 0 Å². The quantitative estimate of drug-likeness (QED) is 0.626. The van der Waals surface area contributed by atoms with Crippen molar-refractivity contribution < 1.29 is 14.6 Å². The van der Waals surface area contributed by atoms with Gasteiger partial charge in [-0.2, -0.15) is 11.8 Å². The van der Waals surface area contributed by atoms with Crippen LogP contribution in [0.4, 0.5) is 0 Å². The van der Waals surface area contributed by atoms with Crippen LogP contribution in [0.5, 0.6) is 0 Å². The van der Waals surface area contributed by atoms with E-state index in [-0.39, 0.29) is 24.9 Å². The lowest BCUT2D eigenvalue weighted by molar-refractivity contribution is 0.00620. The van der Waals surface area contributed by atoms with E-state index < -0.39 is 0 Å². The minimum absolute atomic E-state index is 0.0113. The van der Waals surface area contributed by atoms with E-state index >= 15 is 0 Å². The minimum Gasteiger partial charge on any atom is -0.392 e. The zero-order valence-corrected chi connectivity index (χ0v) is 13.8. The molecular formula is C16H25BO3S. The maximum absolute atomic E-state index is 9.59. The molecule has 0 aromatic rings. The van der Waals surface area contributed by atoms with Crippen LogP contribution in [-0.4, -0.2) is 55.5 Å². The van der Waals surface area contributed by atoms with E-state index in [1.54, 1.807) is 0 Å². The van der Waals surface area contributed by atoms with Crippen molar-refractivity contribution in [2.24, 2.45) is 0 Å². The molecule has 3 nitrogen and oxygen atoms in total. The molecule has 0 saturated carbocycles. The number of allylic oxidation sites excluding steroid dienone is 1. The van der Waals surface area contributed by atoms with Crippen molar-refractivity contribution in [2.75, 3.05) is 19.0 Å². The highest BCUT2D eigenvalue weighted by atomic mass is 32.2. The van der Waals surface area contributed by atoms with Gasteiger partial charge >= 0.3 is 0 Å². The van der Waals surface area contributed by atoms with Crippen molar-refractivity contribution in [3.8, 4) is 0 Å². The van der Waals surface area contributed by atoms with Crippen LogP contribution in [-0.2, 0) is 9.47 Å². The molecule has 21 heavy (non-hydrogen) atoms. The van der Waals surface area contributed by atoms with Gasteiger partial charge in [0.1, 0.15) is 0 Å². The van der Waals surface area contributed by atoms with Gasteiger partial charge in [-0.05, 0) is 32.3 Å². The van der Waals surface area contributed by atoms with E-state index in [9.17, 15) is 5.11 Å². The Bertz CT molecular complexity index is 397. The molecule has 1 saturated heterocycles. The summed E-state index contributed by atoms with van der Waals surface area (Å²) in [7, 11) is 5.89. The molecule has 0 spiro atoms. The molecule has 4 atom stereocenters. The van der Waals surface area contributed by atoms with E-state index in [4.69, 9.17) is 17.3 Å². The molecular weight excluding hydrogens is 283 g/mol. The first-order valence-electron chi connectivity index (χ1n) is 7.70. The lowest BCUT2D eigenvalue weighted by atomic mass is 9.91. The highest BCUT2D eigenvalue weighted by Gasteiger charge is 2.33. The smallest absolute Gasteiger partial charge is 0.0850 e. The summed E-state index contributed by atoms with van der Waals surface area (Å²) in [6.45, 7) is 4.93. The first-order valence-corrected chi connectivity index (χ1v) is 8.75. The average Bonchev–Trinajstić information content (AvgIpc) is 2.49. The Balaban J connectivity index is 2.00. The van der Waals surface area contributed by atoms with Gasteiger partial charge in [0.05, 0.1) is 39.4 Å². The number of rotatable bonds is 5. The Kier molecular flexibility index (Phi) is 6.87. The Labute approximate surface area is 133 Å². The number of hydrogen-bond acceptors (Lipinski definition) is 4. The van der Waals surface area contributed by atoms with Crippen molar-refractivity contribution in [1.29, 1.82) is 0 Å². The van der Waals surface area contributed by atoms with E-state index in [0.717, 1.165) is 30.8 Å². The monoisotopic (exact) mass is 308 g/mol. The zero-order chi connectivity index (χ0) is 15.2. The first-order chi connectivity index (χ1) is 10.2. The lowest BCUT2D eigenvalue weighted by Crippen LogP contribution is -2.40. The molecule has 1 N–H and O–H groups in total. The Morgan fingerprint density at radius 2 is 2.29 bits per heavy atom. The molecule has 0 amide bonds. The maximum atomic E-state index is 9.59. The highest BCUT2D eigenvalue weighted by Crippen LogP contribution is 2.35. The Morgan fingerprint density at radius 3 is 2.95 bits per heavy atom. The van der Waals surface area contributed by atoms with E-state index in [0.29, 0.717) is 11.6 Å². The van der Waals surface area contributed by atoms with Crippen LogP contribution >= 0.6 is 11.8 Å². The molecule has 5 heteroatoms. The van der Waals surface area contributed by atoms with Gasteiger partial charge in [-0.25, -0.2) is 0 Å². The van der Waals surface area contributed by atoms with Gasteiger partial charge in [-0.1, -0.05) is 24.0 Å². The van der Waals surface area contributed by atoms with Crippen molar-refractivity contribution in [1.82, 2.24) is 0 Å². The van der Waals surface area contributed by atoms with Gasteiger partial charge in [-0.3, -0.25) is 0 Å². The van der Waals surface area contributed by atoms with E-state index in [1.165, 1.54) is 5.57 Å². The van der Waals surface area contributed by atoms with Gasteiger partial charge in [0.2, 0.25) is 0 Å². The summed E-state index contributed by atoms with van der Waals surface area (Å²) in [5.41, 5.74) is 2.32. The Morgan fingerprint density at radius 1 is 1.48 bits per heavy atom. The second-order valence-electron chi connectivity index (χ2n) is 5.66. The molecule has 0 aromatic carbocycles. The first kappa shape index (κ1) is 17.1. The molecule has 2 rings (SSSR count). The number of ether oxygens (including phenoxy) is 2. The number of thioether (sulfide) groups is 1. The van der Waals surface area contributed by atoms with Crippen LogP contribution < -0.4 is 0 Å². The van der Waals surface area contributed by atoms with Gasteiger partial charge in [-0.15, -0.1) is 0 Å². The molecule has 2 heterocycles. The van der Waals surface area contributed by atoms with Crippen molar-refractivity contribution in [3.63, 3.8) is 0 Å². The second kappa shape index (κ2) is 8.42. The fraction of sp³-hybridized carbons (Fsp3) is 0.750. The summed E-state index contributed by atoms with van der Waals surface area (Å²) in [6.07, 6.45) is 6.65. The van der Waals surface area contributed by atoms with Crippen molar-refractivity contribution in [2.45, 2.75) is 56.6 Å². The molecule has 2 aliphatic rings. The molecule has 0 aromatic heterocycles. The van der Waals surface area contributed by atoms with Crippen LogP contribution in [0.2, 0.25) is 6.32 Å². The fourth-order valence-corrected chi connectivity index (χ4v) is 4.30. The molecule has 2 aliphatic heterocycles. The summed E-state index contributed by atoms with van der Waals surface area (Å²) < 4.78 is 11.9. The zero-order valence-electron chi connectivity index (χ0n) is 13.0. The van der Waals surface area contributed by atoms with Crippen LogP contribution in [0.15, 0.2) is 23.3 Å². The summed E-state index contributed by atoms with van der Waals surface area (Å²) in [6, 6.07) is 0. The van der Waals surface area contributed by atoms with Gasteiger partial charge < -0.3 is 14.6 Å². The van der Waals surface area contributed by atoms with Crippen LogP contribution in [0, 0.1) is 0 Å². The molecule has 116 valence electrons. The third-order valence-corrected chi connectivity index (χ3v) is 5.67. The third kappa shape index (κ3) is 4.38. The lowest BCUT2D eigenvalue weighted by Gasteiger charge is -2.38. The van der Waals surface area contributed by atoms with E-state index in [2.05, 4.69) is 13.0 Å². The number of hydrogen-bond donors (Lipinski definition) is 1. The molecule has 2 radical (unpaired) electrons. The molecule has 1 fully saturated rings. The average molecular weight is 308 g/mol. The highest BCUT2D eigenvalue weighted by molar-refractivity contribution is 8.00. The van der Waals surface area contributed by atoms with Gasteiger partial charge in [0.25, 0.3) is 0 Å². The van der Waals surface area contributed by atoms with Crippen LogP contribution in [0.3, 0.4) is 0 Å². The summed E-state index contributed by atoms with van der Waals surface area (Å²) in [5.74, 6) is 0.954. The molecule has 3 unspecified atom stereocenters. The van der Waals surface area contributed by atoms with Crippen molar-refractivity contribution in [3.05, 3.63) is 23.3 Å². The van der Waals surface area contributed by atoms with Crippen LogP contribution in [0.1, 0.15) is 26.7 Å². The standard InChI is InChI=1S/C16H25BO3S/c1-3-4-12-10-21-16(15(8-17)20-12)7-14-13(9-18)11(2)5-6-19-14/h3-4,12,14-16,18H,5-10H2,1-2H3/b4-3+/t12?,14?,15?,16-/m0/s1. The number of aliphatic hydroxyl groups excluding tert-OH is 1. The fourth-order valence-electron chi connectivity index (χ4n) is 2.97. The second-order valence-corrected chi connectivity index (χ2v) is 6.93. The normalized spacial score (nSPS) is 34.6. The number of aliphatic hydroxyl groups is 1. The van der Waals surface area contributed by atoms with E-state index in [1.807, 2.05) is 24.8 Å². The maximum Gasteiger partial charge on any atom is 0.0850 e. The predicted molar refractivity (Wildman–Crippen MR) is 89.0 cm³/mol. The SMILES string of the molecule is [B]CC1OC(/C=C/C)CS[C@H]1CC1OCCC(C)=C1CO. The summed E-state index contributed by atoms with van der Waals surface area (Å²) in [4.78, 5) is 0. The summed E-state index contributed by atoms with van der Waals surface area (Å²) in [5, 5.41) is 9.91.